The molecule has 9 heteroatoms. The van der Waals surface area contributed by atoms with Crippen LogP contribution in [0.3, 0.4) is 0 Å². The second-order valence-electron chi connectivity index (χ2n) is 4.28. The molecule has 0 radical (unpaired) electrons. The molecule has 6 nitrogen and oxygen atoms in total. The van der Waals surface area contributed by atoms with Crippen molar-refractivity contribution < 1.29 is 27.6 Å². The summed E-state index contributed by atoms with van der Waals surface area (Å²) in [6, 6.07) is 7.77. The number of hydrogen-bond donors (Lipinski definition) is 1. The quantitative estimate of drug-likeness (QED) is 0.672. The van der Waals surface area contributed by atoms with Crippen molar-refractivity contribution >= 4 is 17.3 Å². The van der Waals surface area contributed by atoms with E-state index in [1.54, 1.807) is 0 Å². The summed E-state index contributed by atoms with van der Waals surface area (Å²) in [4.78, 5) is 21.7. The minimum Gasteiger partial charge on any atom is -0.435 e. The Balaban J connectivity index is 2.13. The molecule has 0 saturated heterocycles. The molecule has 1 amide bonds. The van der Waals surface area contributed by atoms with Crippen LogP contribution in [-0.4, -0.2) is 17.4 Å². The maximum Gasteiger partial charge on any atom is 0.387 e. The molecule has 2 rings (SSSR count). The smallest absolute Gasteiger partial charge is 0.387 e. The number of rotatable bonds is 5. The third-order valence-corrected chi connectivity index (χ3v) is 2.74. The largest absolute Gasteiger partial charge is 0.435 e. The van der Waals surface area contributed by atoms with E-state index in [2.05, 4.69) is 10.1 Å². The van der Waals surface area contributed by atoms with Gasteiger partial charge in [0.05, 0.1) is 4.92 Å². The van der Waals surface area contributed by atoms with Gasteiger partial charge < -0.3 is 10.1 Å². The number of hydrogen-bond acceptors (Lipinski definition) is 4. The Morgan fingerprint density at radius 2 is 1.83 bits per heavy atom. The summed E-state index contributed by atoms with van der Waals surface area (Å²) < 4.78 is 41.4. The third kappa shape index (κ3) is 4.19. The lowest BCUT2D eigenvalue weighted by Crippen LogP contribution is -2.12. The highest BCUT2D eigenvalue weighted by Crippen LogP contribution is 2.21. The van der Waals surface area contributed by atoms with Gasteiger partial charge in [-0.2, -0.15) is 13.2 Å². The zero-order valence-corrected chi connectivity index (χ0v) is 11.3. The van der Waals surface area contributed by atoms with Gasteiger partial charge in [0.15, 0.2) is 0 Å². The summed E-state index contributed by atoms with van der Waals surface area (Å²) >= 11 is 0. The van der Waals surface area contributed by atoms with Crippen LogP contribution in [0.5, 0.6) is 5.75 Å². The zero-order valence-electron chi connectivity index (χ0n) is 11.3. The predicted molar refractivity (Wildman–Crippen MR) is 74.1 cm³/mol. The molecule has 0 aliphatic carbocycles. The second-order valence-corrected chi connectivity index (χ2v) is 4.28. The van der Waals surface area contributed by atoms with Crippen LogP contribution in [0.15, 0.2) is 42.5 Å². The van der Waals surface area contributed by atoms with Crippen molar-refractivity contribution in [3.63, 3.8) is 0 Å². The van der Waals surface area contributed by atoms with Crippen LogP contribution in [0.2, 0.25) is 0 Å². The molecule has 0 unspecified atom stereocenters. The molecule has 0 aromatic heterocycles. The minimum absolute atomic E-state index is 0.0876. The number of ether oxygens (including phenoxy) is 1. The molecular weight excluding hydrogens is 317 g/mol. The van der Waals surface area contributed by atoms with Crippen LogP contribution < -0.4 is 10.1 Å². The van der Waals surface area contributed by atoms with E-state index in [-0.39, 0.29) is 17.0 Å². The summed E-state index contributed by atoms with van der Waals surface area (Å²) in [5.74, 6) is -1.86. The molecule has 0 spiro atoms. The first kappa shape index (κ1) is 16.3. The monoisotopic (exact) mass is 326 g/mol. The lowest BCUT2D eigenvalue weighted by Gasteiger charge is -2.07. The highest BCUT2D eigenvalue weighted by Gasteiger charge is 2.17. The van der Waals surface area contributed by atoms with Gasteiger partial charge in [0, 0.05) is 17.3 Å². The van der Waals surface area contributed by atoms with Gasteiger partial charge >= 0.3 is 12.3 Å². The van der Waals surface area contributed by atoms with E-state index in [0.29, 0.717) is 0 Å². The Hall–Kier alpha value is -3.10. The molecule has 0 fully saturated rings. The van der Waals surface area contributed by atoms with Crippen LogP contribution in [0.1, 0.15) is 10.4 Å². The molecule has 0 heterocycles. The van der Waals surface area contributed by atoms with Crippen molar-refractivity contribution in [1.29, 1.82) is 0 Å². The van der Waals surface area contributed by atoms with E-state index in [1.807, 2.05) is 0 Å². The molecular formula is C14H9F3N2O4. The molecule has 0 aliphatic rings. The van der Waals surface area contributed by atoms with Gasteiger partial charge in [0.1, 0.15) is 5.75 Å². The normalized spacial score (nSPS) is 10.4. The van der Waals surface area contributed by atoms with E-state index >= 15 is 0 Å². The Morgan fingerprint density at radius 3 is 2.39 bits per heavy atom. The van der Waals surface area contributed by atoms with Crippen LogP contribution >= 0.6 is 0 Å². The van der Waals surface area contributed by atoms with E-state index < -0.39 is 28.9 Å². The maximum atomic E-state index is 13.2. The molecule has 0 atom stereocenters. The molecule has 0 bridgehead atoms. The van der Waals surface area contributed by atoms with Crippen molar-refractivity contribution in [1.82, 2.24) is 0 Å². The summed E-state index contributed by atoms with van der Waals surface area (Å²) in [7, 11) is 0. The number of nitrogens with zero attached hydrogens (tertiary/aromatic N) is 1. The third-order valence-electron chi connectivity index (χ3n) is 2.74. The lowest BCUT2D eigenvalue weighted by molar-refractivity contribution is -0.387. The number of nitro groups is 1. The van der Waals surface area contributed by atoms with Crippen molar-refractivity contribution in [2.45, 2.75) is 6.61 Å². The summed E-state index contributed by atoms with van der Waals surface area (Å²) in [6.07, 6.45) is 0. The van der Waals surface area contributed by atoms with E-state index in [9.17, 15) is 28.1 Å². The average Bonchev–Trinajstić information content (AvgIpc) is 2.48. The zero-order chi connectivity index (χ0) is 17.0. The summed E-state index contributed by atoms with van der Waals surface area (Å²) in [5.41, 5.74) is -0.687. The van der Waals surface area contributed by atoms with E-state index in [1.165, 1.54) is 24.3 Å². The Morgan fingerprint density at radius 1 is 1.17 bits per heavy atom. The van der Waals surface area contributed by atoms with Gasteiger partial charge in [-0.1, -0.05) is 0 Å². The fraction of sp³-hybridized carbons (Fsp3) is 0.0714. The Labute approximate surface area is 127 Å². The highest BCUT2D eigenvalue weighted by atomic mass is 19.3. The Kier molecular flexibility index (Phi) is 4.79. The highest BCUT2D eigenvalue weighted by molar-refractivity contribution is 6.04. The molecule has 2 aromatic rings. The molecule has 1 N–H and O–H groups in total. The van der Waals surface area contributed by atoms with Gasteiger partial charge in [0.25, 0.3) is 5.91 Å². The minimum atomic E-state index is -2.96. The number of carbonyl (C=O) groups is 1. The second kappa shape index (κ2) is 6.77. The standard InChI is InChI=1S/C14H9F3N2O4/c15-11-6-1-8(7-12(11)19(21)22)13(20)18-9-2-4-10(5-3-9)23-14(16)17/h1-7,14H,(H,18,20). The first-order valence-corrected chi connectivity index (χ1v) is 6.17. The molecule has 120 valence electrons. The van der Waals surface area contributed by atoms with E-state index in [4.69, 9.17) is 0 Å². The molecule has 0 saturated carbocycles. The number of nitrogens with one attached hydrogen (secondary N) is 1. The SMILES string of the molecule is O=C(Nc1ccc(OC(F)F)cc1)c1ccc(F)c([N+](=O)[O-])c1. The van der Waals surface area contributed by atoms with Crippen molar-refractivity contribution in [2.75, 3.05) is 5.32 Å². The topological polar surface area (TPSA) is 81.5 Å². The van der Waals surface area contributed by atoms with Crippen molar-refractivity contribution in [2.24, 2.45) is 0 Å². The first-order chi connectivity index (χ1) is 10.9. The fourth-order valence-electron chi connectivity index (χ4n) is 1.72. The van der Waals surface area contributed by atoms with E-state index in [0.717, 1.165) is 18.2 Å². The number of alkyl halides is 2. The van der Waals surface area contributed by atoms with Crippen LogP contribution in [0.4, 0.5) is 24.5 Å². The summed E-state index contributed by atoms with van der Waals surface area (Å²) in [6.45, 7) is -2.96. The van der Waals surface area contributed by atoms with Crippen molar-refractivity contribution in [3.05, 3.63) is 64.0 Å². The van der Waals surface area contributed by atoms with Crippen molar-refractivity contribution in [3.8, 4) is 5.75 Å². The lowest BCUT2D eigenvalue weighted by atomic mass is 10.1. The van der Waals surface area contributed by atoms with Gasteiger partial charge in [0.2, 0.25) is 5.82 Å². The number of benzene rings is 2. The Bertz CT molecular complexity index is 735. The van der Waals surface area contributed by atoms with Crippen LogP contribution in [0.25, 0.3) is 0 Å². The molecule has 0 aliphatic heterocycles. The fourth-order valence-corrected chi connectivity index (χ4v) is 1.72. The van der Waals surface area contributed by atoms with Crippen LogP contribution in [0, 0.1) is 15.9 Å². The number of anilines is 1. The first-order valence-electron chi connectivity index (χ1n) is 6.17. The van der Waals surface area contributed by atoms with Gasteiger partial charge in [-0.05, 0) is 36.4 Å². The van der Waals surface area contributed by atoms with Gasteiger partial charge in [-0.15, -0.1) is 0 Å². The van der Waals surface area contributed by atoms with Gasteiger partial charge in [-0.25, -0.2) is 0 Å². The molecule has 23 heavy (non-hydrogen) atoms. The average molecular weight is 326 g/mol. The number of carbonyl (C=O) groups excluding carboxylic acids is 1. The number of amides is 1. The summed E-state index contributed by atoms with van der Waals surface area (Å²) in [5, 5.41) is 13.0. The maximum absolute atomic E-state index is 13.2. The molecule has 2 aromatic carbocycles. The van der Waals surface area contributed by atoms with Crippen LogP contribution in [-0.2, 0) is 0 Å². The predicted octanol–water partition coefficient (Wildman–Crippen LogP) is 3.59. The number of nitro benzene ring substituents is 1. The van der Waals surface area contributed by atoms with Gasteiger partial charge in [-0.3, -0.25) is 14.9 Å². The number of halogens is 3.